The molecule has 2 nitrogen and oxygen atoms in total. The van der Waals surface area contributed by atoms with Crippen LogP contribution in [-0.4, -0.2) is 24.7 Å². The molecule has 1 unspecified atom stereocenters. The predicted octanol–water partition coefficient (Wildman–Crippen LogP) is 3.04. The number of hydrogen-bond acceptors (Lipinski definition) is 3. The minimum absolute atomic E-state index is 0.116. The number of benzene rings is 1. The lowest BCUT2D eigenvalue weighted by molar-refractivity contribution is -0.0328. The Bertz CT molecular complexity index is 360. The molecule has 1 aliphatic heterocycles. The molecule has 0 aliphatic carbocycles. The Labute approximate surface area is 102 Å². The molecule has 1 N–H and O–H groups in total. The first-order chi connectivity index (χ1) is 8.03. The average molecular weight is 263 g/mol. The van der Waals surface area contributed by atoms with Crippen LogP contribution in [0, 0.1) is 0 Å². The van der Waals surface area contributed by atoms with Crippen LogP contribution in [-0.2, 0) is 0 Å². The van der Waals surface area contributed by atoms with Gasteiger partial charge in [0, 0.05) is 11.4 Å². The number of hydrogen-bond donors (Lipinski definition) is 1. The molecule has 0 saturated carbocycles. The van der Waals surface area contributed by atoms with Crippen LogP contribution < -0.4 is 10.1 Å². The molecule has 1 atom stereocenters. The quantitative estimate of drug-likeness (QED) is 0.847. The van der Waals surface area contributed by atoms with E-state index >= 15 is 0 Å². The second kappa shape index (κ2) is 5.18. The Kier molecular flexibility index (Phi) is 3.83. The average Bonchev–Trinajstić information content (AvgIpc) is 2.71. The Morgan fingerprint density at radius 3 is 2.47 bits per heavy atom. The Morgan fingerprint density at radius 1 is 1.24 bits per heavy atom. The normalized spacial score (nSPS) is 20.5. The van der Waals surface area contributed by atoms with Gasteiger partial charge in [0.25, 0.3) is 0 Å². The molecule has 1 fully saturated rings. The van der Waals surface area contributed by atoms with Gasteiger partial charge in [-0.2, -0.15) is 13.2 Å². The van der Waals surface area contributed by atoms with Crippen molar-refractivity contribution in [2.75, 3.05) is 13.1 Å². The molecular weight excluding hydrogens is 251 g/mol. The van der Waals surface area contributed by atoms with E-state index in [0.29, 0.717) is 5.75 Å². The van der Waals surface area contributed by atoms with E-state index in [1.165, 1.54) is 12.1 Å². The summed E-state index contributed by atoms with van der Waals surface area (Å²) in [5, 5.41) is 3.16. The lowest BCUT2D eigenvalue weighted by atomic mass is 10.3. The van der Waals surface area contributed by atoms with Gasteiger partial charge < -0.3 is 10.1 Å². The number of ether oxygens (including phenoxy) is 1. The van der Waals surface area contributed by atoms with Crippen LogP contribution >= 0.6 is 11.8 Å². The molecule has 0 aromatic heterocycles. The number of alkyl halides is 3. The van der Waals surface area contributed by atoms with E-state index in [1.54, 1.807) is 12.1 Å². The fourth-order valence-electron chi connectivity index (χ4n) is 1.64. The monoisotopic (exact) mass is 263 g/mol. The van der Waals surface area contributed by atoms with Crippen LogP contribution in [0.4, 0.5) is 13.2 Å². The van der Waals surface area contributed by atoms with Crippen LogP contribution in [0.3, 0.4) is 0 Å². The summed E-state index contributed by atoms with van der Waals surface area (Å²) in [5.74, 6) is 0.616. The summed E-state index contributed by atoms with van der Waals surface area (Å²) in [6, 6.07) is 6.00. The van der Waals surface area contributed by atoms with Gasteiger partial charge in [-0.1, -0.05) is 0 Å². The highest BCUT2D eigenvalue weighted by atomic mass is 32.2. The summed E-state index contributed by atoms with van der Waals surface area (Å²) in [6.07, 6.45) is 1.05. The maximum atomic E-state index is 12.1. The smallest absolute Gasteiger partial charge is 0.446 e. The van der Waals surface area contributed by atoms with E-state index in [-0.39, 0.29) is 22.8 Å². The van der Waals surface area contributed by atoms with Crippen molar-refractivity contribution in [3.63, 3.8) is 0 Å². The molecule has 1 saturated heterocycles. The zero-order chi connectivity index (χ0) is 12.3. The van der Waals surface area contributed by atoms with Crippen molar-refractivity contribution in [1.29, 1.82) is 0 Å². The van der Waals surface area contributed by atoms with Crippen molar-refractivity contribution in [2.45, 2.75) is 22.9 Å². The fraction of sp³-hybridized carbons (Fsp3) is 0.455. The molecule has 17 heavy (non-hydrogen) atoms. The second-order valence-electron chi connectivity index (χ2n) is 3.75. The Morgan fingerprint density at radius 2 is 1.94 bits per heavy atom. The summed E-state index contributed by atoms with van der Waals surface area (Å²) in [4.78, 5) is 0.175. The van der Waals surface area contributed by atoms with Crippen molar-refractivity contribution < 1.29 is 17.9 Å². The molecule has 1 aliphatic rings. The zero-order valence-electron chi connectivity index (χ0n) is 8.96. The van der Waals surface area contributed by atoms with Gasteiger partial charge in [0.15, 0.2) is 0 Å². The van der Waals surface area contributed by atoms with Gasteiger partial charge in [-0.3, -0.25) is 0 Å². The van der Waals surface area contributed by atoms with Crippen molar-refractivity contribution >= 4 is 11.8 Å². The SMILES string of the molecule is FC(F)(F)Sc1ccc(OC2CCNC2)cc1. The minimum Gasteiger partial charge on any atom is -0.489 e. The highest BCUT2D eigenvalue weighted by Gasteiger charge is 2.29. The van der Waals surface area contributed by atoms with Crippen molar-refractivity contribution in [1.82, 2.24) is 5.32 Å². The standard InChI is InChI=1S/C11H12F3NOS/c12-11(13,14)17-10-3-1-8(2-4-10)16-9-5-6-15-7-9/h1-4,9,15H,5-7H2. The molecule has 0 amide bonds. The van der Waals surface area contributed by atoms with Crippen molar-refractivity contribution in [3.05, 3.63) is 24.3 Å². The van der Waals surface area contributed by atoms with E-state index < -0.39 is 5.51 Å². The second-order valence-corrected chi connectivity index (χ2v) is 4.89. The van der Waals surface area contributed by atoms with E-state index in [9.17, 15) is 13.2 Å². The summed E-state index contributed by atoms with van der Waals surface area (Å²) in [7, 11) is 0. The van der Waals surface area contributed by atoms with Crippen molar-refractivity contribution in [3.8, 4) is 5.75 Å². The number of rotatable bonds is 3. The van der Waals surface area contributed by atoms with Crippen LogP contribution in [0.5, 0.6) is 5.75 Å². The zero-order valence-corrected chi connectivity index (χ0v) is 9.77. The summed E-state index contributed by atoms with van der Waals surface area (Å²) < 4.78 is 41.9. The van der Waals surface area contributed by atoms with Crippen molar-refractivity contribution in [2.24, 2.45) is 0 Å². The Hall–Kier alpha value is -0.880. The van der Waals surface area contributed by atoms with Gasteiger partial charge in [-0.25, -0.2) is 0 Å². The molecule has 1 aromatic rings. The first-order valence-electron chi connectivity index (χ1n) is 5.26. The molecule has 2 rings (SSSR count). The minimum atomic E-state index is -4.24. The molecule has 0 bridgehead atoms. The molecule has 0 radical (unpaired) electrons. The molecule has 1 heterocycles. The third-order valence-electron chi connectivity index (χ3n) is 2.38. The van der Waals surface area contributed by atoms with Gasteiger partial charge in [-0.05, 0) is 49.0 Å². The molecule has 6 heteroatoms. The summed E-state index contributed by atoms with van der Waals surface area (Å²) in [5.41, 5.74) is -4.24. The molecular formula is C11H12F3NOS. The van der Waals surface area contributed by atoms with Crippen LogP contribution in [0.2, 0.25) is 0 Å². The van der Waals surface area contributed by atoms with E-state index in [0.717, 1.165) is 19.5 Å². The molecule has 0 spiro atoms. The lowest BCUT2D eigenvalue weighted by Crippen LogP contribution is -2.19. The lowest BCUT2D eigenvalue weighted by Gasteiger charge is -2.12. The van der Waals surface area contributed by atoms with Gasteiger partial charge in [0.2, 0.25) is 0 Å². The third-order valence-corrected chi connectivity index (χ3v) is 3.11. The molecule has 94 valence electrons. The summed E-state index contributed by atoms with van der Waals surface area (Å²) in [6.45, 7) is 1.71. The van der Waals surface area contributed by atoms with E-state index in [2.05, 4.69) is 5.32 Å². The maximum Gasteiger partial charge on any atom is 0.446 e. The Balaban J connectivity index is 1.93. The number of halogens is 3. The highest BCUT2D eigenvalue weighted by molar-refractivity contribution is 8.00. The number of nitrogens with one attached hydrogen (secondary N) is 1. The van der Waals surface area contributed by atoms with E-state index in [4.69, 9.17) is 4.74 Å². The first kappa shape index (κ1) is 12.6. The maximum absolute atomic E-state index is 12.1. The summed E-state index contributed by atoms with van der Waals surface area (Å²) >= 11 is -0.116. The number of thioether (sulfide) groups is 1. The van der Waals surface area contributed by atoms with Crippen LogP contribution in [0.25, 0.3) is 0 Å². The predicted molar refractivity (Wildman–Crippen MR) is 60.3 cm³/mol. The largest absolute Gasteiger partial charge is 0.489 e. The molecule has 1 aromatic carbocycles. The third kappa shape index (κ3) is 4.12. The van der Waals surface area contributed by atoms with Gasteiger partial charge >= 0.3 is 5.51 Å². The van der Waals surface area contributed by atoms with Crippen LogP contribution in [0.15, 0.2) is 29.2 Å². The topological polar surface area (TPSA) is 21.3 Å². The fourth-order valence-corrected chi connectivity index (χ4v) is 2.18. The first-order valence-corrected chi connectivity index (χ1v) is 6.08. The van der Waals surface area contributed by atoms with E-state index in [1.807, 2.05) is 0 Å². The van der Waals surface area contributed by atoms with Gasteiger partial charge in [-0.15, -0.1) is 0 Å². The van der Waals surface area contributed by atoms with Gasteiger partial charge in [0.1, 0.15) is 11.9 Å². The highest BCUT2D eigenvalue weighted by Crippen LogP contribution is 2.37. The van der Waals surface area contributed by atoms with Gasteiger partial charge in [0.05, 0.1) is 0 Å². The van der Waals surface area contributed by atoms with Crippen LogP contribution in [0.1, 0.15) is 6.42 Å².